The number of carbonyl (C=O) groups is 1. The molecule has 0 aliphatic heterocycles. The summed E-state index contributed by atoms with van der Waals surface area (Å²) in [6.07, 6.45) is 2.16. The van der Waals surface area contributed by atoms with Gasteiger partial charge < -0.3 is 5.32 Å². The minimum absolute atomic E-state index is 0.148. The Kier molecular flexibility index (Phi) is 6.82. The average molecular weight is 444 g/mol. The SMILES string of the molecule is Cc1ccc([C@@H](NC(=O)CCc2cc(Br)cs2)[C@@H](C)S(C)(=O)=O)cc1. The van der Waals surface area contributed by atoms with E-state index in [0.717, 1.165) is 20.5 Å². The zero-order chi connectivity index (χ0) is 18.6. The maximum absolute atomic E-state index is 12.4. The van der Waals surface area contributed by atoms with Crippen molar-refractivity contribution in [2.24, 2.45) is 0 Å². The normalized spacial score (nSPS) is 14.1. The quantitative estimate of drug-likeness (QED) is 0.701. The molecule has 4 nitrogen and oxygen atoms in total. The van der Waals surface area contributed by atoms with Gasteiger partial charge in [-0.05, 0) is 47.8 Å². The fourth-order valence-corrected chi connectivity index (χ4v) is 4.63. The van der Waals surface area contributed by atoms with Gasteiger partial charge in [-0.15, -0.1) is 11.3 Å². The summed E-state index contributed by atoms with van der Waals surface area (Å²) in [7, 11) is -3.29. The Bertz CT molecular complexity index is 828. The Hall–Kier alpha value is -1.18. The molecule has 1 aromatic heterocycles. The number of carbonyl (C=O) groups excluding carboxylic acids is 1. The number of hydrogen-bond acceptors (Lipinski definition) is 4. The topological polar surface area (TPSA) is 63.2 Å². The van der Waals surface area contributed by atoms with Crippen LogP contribution in [0.4, 0.5) is 0 Å². The molecule has 2 rings (SSSR count). The highest BCUT2D eigenvalue weighted by molar-refractivity contribution is 9.10. The highest BCUT2D eigenvalue weighted by Gasteiger charge is 2.28. The lowest BCUT2D eigenvalue weighted by atomic mass is 10.0. The van der Waals surface area contributed by atoms with E-state index in [0.29, 0.717) is 12.8 Å². The van der Waals surface area contributed by atoms with Gasteiger partial charge in [0.1, 0.15) is 0 Å². The highest BCUT2D eigenvalue weighted by atomic mass is 79.9. The van der Waals surface area contributed by atoms with Gasteiger partial charge in [0, 0.05) is 27.4 Å². The molecule has 0 aliphatic rings. The molecule has 0 saturated heterocycles. The van der Waals surface area contributed by atoms with Crippen LogP contribution >= 0.6 is 27.3 Å². The molecule has 2 aromatic rings. The van der Waals surface area contributed by atoms with Gasteiger partial charge in [0.25, 0.3) is 0 Å². The molecule has 2 atom stereocenters. The molecule has 7 heteroatoms. The minimum Gasteiger partial charge on any atom is -0.348 e. The second kappa shape index (κ2) is 8.47. The second-order valence-electron chi connectivity index (χ2n) is 6.22. The van der Waals surface area contributed by atoms with E-state index in [9.17, 15) is 13.2 Å². The summed E-state index contributed by atoms with van der Waals surface area (Å²) < 4.78 is 25.1. The van der Waals surface area contributed by atoms with Crippen LogP contribution in [0.3, 0.4) is 0 Å². The number of thiophene rings is 1. The Balaban J connectivity index is 2.12. The first-order chi connectivity index (χ1) is 11.7. The van der Waals surface area contributed by atoms with Gasteiger partial charge in [0.15, 0.2) is 9.84 Å². The predicted octanol–water partition coefficient (Wildman–Crippen LogP) is 4.04. The van der Waals surface area contributed by atoms with E-state index >= 15 is 0 Å². The van der Waals surface area contributed by atoms with E-state index in [1.54, 1.807) is 18.3 Å². The monoisotopic (exact) mass is 443 g/mol. The van der Waals surface area contributed by atoms with Gasteiger partial charge in [-0.2, -0.15) is 0 Å². The number of hydrogen-bond donors (Lipinski definition) is 1. The fraction of sp³-hybridized carbons (Fsp3) is 0.389. The van der Waals surface area contributed by atoms with Gasteiger partial charge in [-0.1, -0.05) is 29.8 Å². The lowest BCUT2D eigenvalue weighted by molar-refractivity contribution is -0.121. The largest absolute Gasteiger partial charge is 0.348 e. The smallest absolute Gasteiger partial charge is 0.220 e. The number of benzene rings is 1. The first kappa shape index (κ1) is 20.1. The molecule has 0 fully saturated rings. The summed E-state index contributed by atoms with van der Waals surface area (Å²) in [4.78, 5) is 13.5. The Morgan fingerprint density at radius 1 is 1.28 bits per heavy atom. The number of nitrogens with one attached hydrogen (secondary N) is 1. The molecule has 0 spiro atoms. The van der Waals surface area contributed by atoms with Crippen molar-refractivity contribution in [2.45, 2.75) is 38.0 Å². The Morgan fingerprint density at radius 2 is 1.92 bits per heavy atom. The van der Waals surface area contributed by atoms with Crippen molar-refractivity contribution >= 4 is 43.0 Å². The number of amides is 1. The second-order valence-corrected chi connectivity index (χ2v) is 10.5. The molecule has 1 amide bonds. The van der Waals surface area contributed by atoms with E-state index < -0.39 is 21.1 Å². The van der Waals surface area contributed by atoms with Crippen molar-refractivity contribution in [3.63, 3.8) is 0 Å². The van der Waals surface area contributed by atoms with E-state index in [4.69, 9.17) is 0 Å². The van der Waals surface area contributed by atoms with Crippen LogP contribution in [0.2, 0.25) is 0 Å². The molecule has 0 radical (unpaired) electrons. The van der Waals surface area contributed by atoms with E-state index in [1.165, 1.54) is 6.26 Å². The summed E-state index contributed by atoms with van der Waals surface area (Å²) >= 11 is 5.00. The first-order valence-electron chi connectivity index (χ1n) is 7.94. The Morgan fingerprint density at radius 3 is 2.44 bits per heavy atom. The van der Waals surface area contributed by atoms with Crippen LogP contribution in [0, 0.1) is 6.92 Å². The van der Waals surface area contributed by atoms with Crippen molar-refractivity contribution in [1.82, 2.24) is 5.32 Å². The van der Waals surface area contributed by atoms with Gasteiger partial charge in [-0.3, -0.25) is 4.79 Å². The van der Waals surface area contributed by atoms with Crippen LogP contribution in [0.25, 0.3) is 0 Å². The number of sulfone groups is 1. The zero-order valence-corrected chi connectivity index (χ0v) is 17.7. The van der Waals surface area contributed by atoms with Crippen molar-refractivity contribution in [1.29, 1.82) is 0 Å². The lowest BCUT2D eigenvalue weighted by Gasteiger charge is -2.24. The van der Waals surface area contributed by atoms with Crippen LogP contribution in [-0.2, 0) is 21.1 Å². The molecule has 0 unspecified atom stereocenters. The summed E-state index contributed by atoms with van der Waals surface area (Å²) in [6.45, 7) is 3.60. The summed E-state index contributed by atoms with van der Waals surface area (Å²) in [6, 6.07) is 9.03. The molecule has 1 aromatic carbocycles. The number of aryl methyl sites for hydroxylation is 2. The van der Waals surface area contributed by atoms with E-state index in [1.807, 2.05) is 42.6 Å². The molecule has 0 bridgehead atoms. The fourth-order valence-electron chi connectivity index (χ4n) is 2.46. The molecule has 1 N–H and O–H groups in total. The van der Waals surface area contributed by atoms with Crippen LogP contribution in [0.5, 0.6) is 0 Å². The number of halogens is 1. The lowest BCUT2D eigenvalue weighted by Crippen LogP contribution is -2.38. The highest BCUT2D eigenvalue weighted by Crippen LogP contribution is 2.24. The van der Waals surface area contributed by atoms with Gasteiger partial charge >= 0.3 is 0 Å². The van der Waals surface area contributed by atoms with E-state index in [-0.39, 0.29) is 5.91 Å². The summed E-state index contributed by atoms with van der Waals surface area (Å²) in [5, 5.41) is 4.19. The molecule has 0 aliphatic carbocycles. The third kappa shape index (κ3) is 5.94. The summed E-state index contributed by atoms with van der Waals surface area (Å²) in [5.74, 6) is -0.148. The summed E-state index contributed by atoms with van der Waals surface area (Å²) in [5.41, 5.74) is 1.89. The zero-order valence-electron chi connectivity index (χ0n) is 14.5. The third-order valence-electron chi connectivity index (χ3n) is 4.12. The van der Waals surface area contributed by atoms with Crippen molar-refractivity contribution < 1.29 is 13.2 Å². The minimum atomic E-state index is -3.29. The first-order valence-corrected chi connectivity index (χ1v) is 11.6. The maximum atomic E-state index is 12.4. The van der Waals surface area contributed by atoms with Crippen LogP contribution < -0.4 is 5.32 Å². The van der Waals surface area contributed by atoms with Crippen LogP contribution in [0.15, 0.2) is 40.2 Å². The van der Waals surface area contributed by atoms with Crippen LogP contribution in [0.1, 0.15) is 35.4 Å². The standard InChI is InChI=1S/C18H22BrNO3S2/c1-12-4-6-14(7-5-12)18(13(2)25(3,22)23)20-17(21)9-8-16-10-15(19)11-24-16/h4-7,10-11,13,18H,8-9H2,1-3H3,(H,20,21)/t13-,18+/m1/s1. The van der Waals surface area contributed by atoms with Gasteiger partial charge in [0.05, 0.1) is 11.3 Å². The molecular formula is C18H22BrNO3S2. The van der Waals surface area contributed by atoms with Crippen LogP contribution in [-0.4, -0.2) is 25.8 Å². The van der Waals surface area contributed by atoms with E-state index in [2.05, 4.69) is 21.2 Å². The van der Waals surface area contributed by atoms with Crippen molar-refractivity contribution in [3.05, 3.63) is 56.2 Å². The van der Waals surface area contributed by atoms with Gasteiger partial charge in [0.2, 0.25) is 5.91 Å². The van der Waals surface area contributed by atoms with Gasteiger partial charge in [-0.25, -0.2) is 8.42 Å². The van der Waals surface area contributed by atoms with Crippen molar-refractivity contribution in [3.8, 4) is 0 Å². The number of rotatable bonds is 7. The molecule has 25 heavy (non-hydrogen) atoms. The third-order valence-corrected chi connectivity index (χ3v) is 7.50. The van der Waals surface area contributed by atoms with Crippen molar-refractivity contribution in [2.75, 3.05) is 6.26 Å². The molecular weight excluding hydrogens is 422 g/mol. The molecule has 1 heterocycles. The predicted molar refractivity (Wildman–Crippen MR) is 107 cm³/mol. The molecule has 136 valence electrons. The average Bonchev–Trinajstić information content (AvgIpc) is 2.95. The Labute approximate surface area is 161 Å². The maximum Gasteiger partial charge on any atom is 0.220 e. The molecule has 0 saturated carbocycles.